The maximum Gasteiger partial charge on any atom is 0.326 e. The van der Waals surface area contributed by atoms with Gasteiger partial charge in [0, 0.05) is 12.2 Å². The van der Waals surface area contributed by atoms with Crippen LogP contribution in [-0.2, 0) is 24.0 Å². The van der Waals surface area contributed by atoms with Crippen LogP contribution in [0.3, 0.4) is 0 Å². The van der Waals surface area contributed by atoms with Gasteiger partial charge in [-0.25, -0.2) is 4.79 Å². The third kappa shape index (κ3) is 8.91. The van der Waals surface area contributed by atoms with Crippen LogP contribution in [0.25, 0.3) is 0 Å². The normalized spacial score (nSPS) is 13.9. The molecule has 0 radical (unpaired) electrons. The van der Waals surface area contributed by atoms with Crippen LogP contribution in [0.2, 0.25) is 0 Å². The Bertz CT molecular complexity index is 529. The van der Waals surface area contributed by atoms with Crippen LogP contribution in [0.15, 0.2) is 0 Å². The molecule has 0 aromatic rings. The van der Waals surface area contributed by atoms with Gasteiger partial charge in [-0.1, -0.05) is 0 Å². The van der Waals surface area contributed by atoms with E-state index in [1.54, 1.807) is 0 Å². The Hall–Kier alpha value is -2.34. The number of rotatable bonds is 11. The van der Waals surface area contributed by atoms with Crippen LogP contribution in [0.5, 0.6) is 0 Å². The fraction of sp³-hybridized carbons (Fsp3) is 0.615. The molecule has 0 saturated carbocycles. The van der Waals surface area contributed by atoms with Gasteiger partial charge in [0.2, 0.25) is 23.6 Å². The van der Waals surface area contributed by atoms with Gasteiger partial charge < -0.3 is 32.5 Å². The molecule has 4 amide bonds. The maximum absolute atomic E-state index is 12.0. The summed E-state index contributed by atoms with van der Waals surface area (Å²) in [5, 5.41) is 15.9. The van der Waals surface area contributed by atoms with Crippen molar-refractivity contribution in [2.75, 3.05) is 12.3 Å². The van der Waals surface area contributed by atoms with E-state index in [2.05, 4.69) is 28.6 Å². The monoisotopic (exact) mass is 377 g/mol. The van der Waals surface area contributed by atoms with E-state index in [9.17, 15) is 24.0 Å². The second kappa shape index (κ2) is 11.3. The minimum atomic E-state index is -1.34. The molecule has 0 aromatic carbocycles. The zero-order chi connectivity index (χ0) is 19.6. The first-order chi connectivity index (χ1) is 11.6. The second-order valence-corrected chi connectivity index (χ2v) is 5.51. The summed E-state index contributed by atoms with van der Waals surface area (Å²) in [4.78, 5) is 57.0. The lowest BCUT2D eigenvalue weighted by molar-refractivity contribution is -0.142. The fourth-order valence-electron chi connectivity index (χ4n) is 1.67. The van der Waals surface area contributed by atoms with Gasteiger partial charge >= 0.3 is 5.97 Å². The third-order valence-corrected chi connectivity index (χ3v) is 3.43. The highest BCUT2D eigenvalue weighted by atomic mass is 32.1. The highest BCUT2D eigenvalue weighted by Crippen LogP contribution is 1.99. The van der Waals surface area contributed by atoms with Gasteiger partial charge in [-0.2, -0.15) is 12.6 Å². The topological polar surface area (TPSA) is 194 Å². The molecular formula is C13H23N5O6S. The standard InChI is InChI=1S/C13H23N5O6S/c1-6(16-12(22)8(5-25)17-10(20)4-14)11(21)18-7(13(23)24)2-3-9(15)19/h6-8,25H,2-5,14H2,1H3,(H2,15,19)(H,16,22)(H,17,20)(H,18,21)(H,23,24). The highest BCUT2D eigenvalue weighted by Gasteiger charge is 2.26. The smallest absolute Gasteiger partial charge is 0.326 e. The van der Waals surface area contributed by atoms with Crippen molar-refractivity contribution in [1.29, 1.82) is 0 Å². The summed E-state index contributed by atoms with van der Waals surface area (Å²) in [5.41, 5.74) is 10.1. The van der Waals surface area contributed by atoms with Crippen molar-refractivity contribution < 1.29 is 29.1 Å². The van der Waals surface area contributed by atoms with Crippen LogP contribution in [0, 0.1) is 0 Å². The van der Waals surface area contributed by atoms with Crippen LogP contribution >= 0.6 is 12.6 Å². The molecule has 0 aliphatic heterocycles. The van der Waals surface area contributed by atoms with E-state index in [0.717, 1.165) is 0 Å². The number of hydrogen-bond acceptors (Lipinski definition) is 7. The molecule has 0 heterocycles. The van der Waals surface area contributed by atoms with Crippen LogP contribution < -0.4 is 27.4 Å². The number of thiol groups is 1. The molecule has 0 fully saturated rings. The SMILES string of the molecule is CC(NC(=O)C(CS)NC(=O)CN)C(=O)NC(CCC(N)=O)C(=O)O. The highest BCUT2D eigenvalue weighted by molar-refractivity contribution is 7.80. The number of primary amides is 1. The number of carboxylic acids is 1. The predicted molar refractivity (Wildman–Crippen MR) is 90.4 cm³/mol. The van der Waals surface area contributed by atoms with E-state index < -0.39 is 47.7 Å². The quantitative estimate of drug-likeness (QED) is 0.183. The summed E-state index contributed by atoms with van der Waals surface area (Å²) >= 11 is 3.93. The third-order valence-electron chi connectivity index (χ3n) is 3.07. The number of nitrogens with one attached hydrogen (secondary N) is 3. The van der Waals surface area contributed by atoms with Crippen molar-refractivity contribution in [2.45, 2.75) is 37.9 Å². The van der Waals surface area contributed by atoms with E-state index in [-0.39, 0.29) is 25.1 Å². The van der Waals surface area contributed by atoms with Crippen molar-refractivity contribution >= 4 is 42.2 Å². The van der Waals surface area contributed by atoms with Crippen molar-refractivity contribution in [3.63, 3.8) is 0 Å². The van der Waals surface area contributed by atoms with Crippen molar-refractivity contribution in [3.05, 3.63) is 0 Å². The van der Waals surface area contributed by atoms with Gasteiger partial charge in [0.1, 0.15) is 18.1 Å². The molecule has 8 N–H and O–H groups in total. The van der Waals surface area contributed by atoms with E-state index >= 15 is 0 Å². The summed E-state index contributed by atoms with van der Waals surface area (Å²) < 4.78 is 0. The number of aliphatic carboxylic acids is 1. The zero-order valence-corrected chi connectivity index (χ0v) is 14.5. The number of carboxylic acid groups (broad SMARTS) is 1. The Kier molecular flexibility index (Phi) is 10.2. The van der Waals surface area contributed by atoms with Gasteiger partial charge in [-0.05, 0) is 13.3 Å². The number of nitrogens with two attached hydrogens (primary N) is 2. The summed E-state index contributed by atoms with van der Waals surface area (Å²) in [6.07, 6.45) is -0.395. The molecule has 0 spiro atoms. The molecular weight excluding hydrogens is 354 g/mol. The van der Waals surface area contributed by atoms with Gasteiger partial charge in [0.05, 0.1) is 6.54 Å². The molecule has 3 unspecified atom stereocenters. The van der Waals surface area contributed by atoms with E-state index in [0.29, 0.717) is 0 Å². The summed E-state index contributed by atoms with van der Waals surface area (Å²) in [5.74, 6) is -4.08. The molecule has 0 aromatic heterocycles. The number of hydrogen-bond donors (Lipinski definition) is 7. The Morgan fingerprint density at radius 2 is 1.64 bits per heavy atom. The number of carbonyl (C=O) groups is 5. The fourth-order valence-corrected chi connectivity index (χ4v) is 1.92. The Morgan fingerprint density at radius 3 is 2.08 bits per heavy atom. The lowest BCUT2D eigenvalue weighted by Crippen LogP contribution is -2.55. The molecule has 0 aliphatic rings. The molecule has 142 valence electrons. The molecule has 0 rings (SSSR count). The molecule has 0 aliphatic carbocycles. The summed E-state index contributed by atoms with van der Waals surface area (Å²) in [7, 11) is 0. The van der Waals surface area contributed by atoms with Gasteiger partial charge in [0.15, 0.2) is 0 Å². The number of carbonyl (C=O) groups excluding carboxylic acids is 4. The summed E-state index contributed by atoms with van der Waals surface area (Å²) in [6.45, 7) is 1.02. The van der Waals surface area contributed by atoms with E-state index in [1.807, 2.05) is 0 Å². The Balaban J connectivity index is 4.69. The second-order valence-electron chi connectivity index (χ2n) is 5.14. The average molecular weight is 377 g/mol. The molecule has 0 saturated heterocycles. The maximum atomic E-state index is 12.0. The first kappa shape index (κ1) is 22.7. The molecule has 0 bridgehead atoms. The zero-order valence-electron chi connectivity index (χ0n) is 13.7. The molecule has 3 atom stereocenters. The molecule has 25 heavy (non-hydrogen) atoms. The van der Waals surface area contributed by atoms with Crippen LogP contribution in [0.4, 0.5) is 0 Å². The number of amides is 4. The van der Waals surface area contributed by atoms with Gasteiger partial charge in [-0.15, -0.1) is 0 Å². The minimum absolute atomic E-state index is 0.0255. The minimum Gasteiger partial charge on any atom is -0.480 e. The first-order valence-electron chi connectivity index (χ1n) is 7.34. The van der Waals surface area contributed by atoms with E-state index in [1.165, 1.54) is 6.92 Å². The predicted octanol–water partition coefficient (Wildman–Crippen LogP) is -3.30. The van der Waals surface area contributed by atoms with Crippen LogP contribution in [-0.4, -0.2) is 65.1 Å². The van der Waals surface area contributed by atoms with Crippen LogP contribution in [0.1, 0.15) is 19.8 Å². The van der Waals surface area contributed by atoms with Crippen molar-refractivity contribution in [2.24, 2.45) is 11.5 Å². The van der Waals surface area contributed by atoms with Crippen molar-refractivity contribution in [1.82, 2.24) is 16.0 Å². The average Bonchev–Trinajstić information content (AvgIpc) is 2.54. The first-order valence-corrected chi connectivity index (χ1v) is 7.97. The van der Waals surface area contributed by atoms with Crippen molar-refractivity contribution in [3.8, 4) is 0 Å². The Morgan fingerprint density at radius 1 is 1.04 bits per heavy atom. The van der Waals surface area contributed by atoms with Gasteiger partial charge in [-0.3, -0.25) is 19.2 Å². The van der Waals surface area contributed by atoms with Gasteiger partial charge in [0.25, 0.3) is 0 Å². The Labute approximate surface area is 149 Å². The van der Waals surface area contributed by atoms with E-state index in [4.69, 9.17) is 16.6 Å². The lowest BCUT2D eigenvalue weighted by Gasteiger charge is -2.21. The molecule has 11 nitrogen and oxygen atoms in total. The molecule has 12 heteroatoms. The lowest BCUT2D eigenvalue weighted by atomic mass is 10.1. The largest absolute Gasteiger partial charge is 0.480 e. The summed E-state index contributed by atoms with van der Waals surface area (Å²) in [6, 6.07) is -3.41.